The van der Waals surface area contributed by atoms with E-state index in [1.165, 1.54) is 11.3 Å². The maximum atomic E-state index is 6.06. The fourth-order valence-electron chi connectivity index (χ4n) is 1.78. The first kappa shape index (κ1) is 14.3. The first-order chi connectivity index (χ1) is 7.92. The molecule has 0 fully saturated rings. The van der Waals surface area contributed by atoms with Crippen molar-refractivity contribution in [3.8, 4) is 0 Å². The molecule has 1 N–H and O–H groups in total. The normalized spacial score (nSPS) is 11.6. The van der Waals surface area contributed by atoms with E-state index in [2.05, 4.69) is 44.1 Å². The monoisotopic (exact) mass is 254 g/mol. The smallest absolute Gasteiger partial charge is 0.0414 e. The molecular formula is C14H23ClN2. The molecule has 17 heavy (non-hydrogen) atoms. The second-order valence-corrected chi connectivity index (χ2v) is 5.46. The lowest BCUT2D eigenvalue weighted by Gasteiger charge is -2.38. The second kappa shape index (κ2) is 5.74. The van der Waals surface area contributed by atoms with Crippen molar-refractivity contribution in [2.45, 2.75) is 39.3 Å². The van der Waals surface area contributed by atoms with Crippen LogP contribution in [0.5, 0.6) is 0 Å². The Kier molecular flexibility index (Phi) is 4.84. The Labute approximate surface area is 110 Å². The van der Waals surface area contributed by atoms with Crippen molar-refractivity contribution < 1.29 is 0 Å². The molecule has 0 spiro atoms. The van der Waals surface area contributed by atoms with Gasteiger partial charge < -0.3 is 10.2 Å². The summed E-state index contributed by atoms with van der Waals surface area (Å²) in [6.07, 6.45) is 1.10. The van der Waals surface area contributed by atoms with Gasteiger partial charge in [-0.2, -0.15) is 0 Å². The Hall–Kier alpha value is -0.730. The van der Waals surface area contributed by atoms with E-state index in [0.717, 1.165) is 18.0 Å². The first-order valence-corrected chi connectivity index (χ1v) is 6.47. The van der Waals surface area contributed by atoms with E-state index in [4.69, 9.17) is 11.6 Å². The number of nitrogens with zero attached hydrogens (tertiary/aromatic N) is 1. The molecule has 0 bridgehead atoms. The third kappa shape index (κ3) is 3.36. The first-order valence-electron chi connectivity index (χ1n) is 6.09. The van der Waals surface area contributed by atoms with Gasteiger partial charge in [-0.1, -0.05) is 18.5 Å². The quantitative estimate of drug-likeness (QED) is 0.862. The number of rotatable bonds is 5. The van der Waals surface area contributed by atoms with Crippen LogP contribution in [-0.4, -0.2) is 19.6 Å². The standard InChI is InChI=1S/C14H23ClN2/c1-6-14(2,3)17(5)13-8-7-12(15)9-11(13)10-16-4/h7-9,16H,6,10H2,1-5H3. The van der Waals surface area contributed by atoms with Gasteiger partial charge in [-0.3, -0.25) is 0 Å². The predicted molar refractivity (Wildman–Crippen MR) is 77.0 cm³/mol. The summed E-state index contributed by atoms with van der Waals surface area (Å²) in [7, 11) is 4.10. The lowest BCUT2D eigenvalue weighted by molar-refractivity contribution is 0.469. The Morgan fingerprint density at radius 1 is 1.35 bits per heavy atom. The van der Waals surface area contributed by atoms with Crippen LogP contribution in [0.4, 0.5) is 5.69 Å². The van der Waals surface area contributed by atoms with E-state index < -0.39 is 0 Å². The van der Waals surface area contributed by atoms with Gasteiger partial charge in [0.25, 0.3) is 0 Å². The lowest BCUT2D eigenvalue weighted by Crippen LogP contribution is -2.41. The fourth-order valence-corrected chi connectivity index (χ4v) is 1.97. The van der Waals surface area contributed by atoms with Crippen LogP contribution in [0.25, 0.3) is 0 Å². The highest BCUT2D eigenvalue weighted by Crippen LogP contribution is 2.29. The van der Waals surface area contributed by atoms with Crippen LogP contribution in [-0.2, 0) is 6.54 Å². The average molecular weight is 255 g/mol. The third-order valence-corrected chi connectivity index (χ3v) is 3.78. The van der Waals surface area contributed by atoms with Crippen molar-refractivity contribution >= 4 is 17.3 Å². The number of halogens is 1. The third-order valence-electron chi connectivity index (χ3n) is 3.54. The van der Waals surface area contributed by atoms with Gasteiger partial charge in [0.15, 0.2) is 0 Å². The molecule has 0 aromatic heterocycles. The molecule has 2 nitrogen and oxygen atoms in total. The summed E-state index contributed by atoms with van der Waals surface area (Å²) in [4.78, 5) is 2.33. The summed E-state index contributed by atoms with van der Waals surface area (Å²) in [6.45, 7) is 7.56. The lowest BCUT2D eigenvalue weighted by atomic mass is 9.98. The number of nitrogens with one attached hydrogen (secondary N) is 1. The minimum atomic E-state index is 0.149. The Morgan fingerprint density at radius 2 is 2.00 bits per heavy atom. The number of hydrogen-bond donors (Lipinski definition) is 1. The van der Waals surface area contributed by atoms with Crippen molar-refractivity contribution in [3.05, 3.63) is 28.8 Å². The molecule has 0 unspecified atom stereocenters. The van der Waals surface area contributed by atoms with Crippen LogP contribution in [0.1, 0.15) is 32.8 Å². The summed E-state index contributed by atoms with van der Waals surface area (Å²) >= 11 is 6.06. The van der Waals surface area contributed by atoms with E-state index in [0.29, 0.717) is 0 Å². The Morgan fingerprint density at radius 3 is 2.53 bits per heavy atom. The van der Waals surface area contributed by atoms with Crippen LogP contribution in [0, 0.1) is 0 Å². The molecule has 0 radical (unpaired) electrons. The minimum absolute atomic E-state index is 0.149. The molecule has 3 heteroatoms. The SMILES string of the molecule is CCC(C)(C)N(C)c1ccc(Cl)cc1CNC. The molecule has 0 heterocycles. The highest BCUT2D eigenvalue weighted by molar-refractivity contribution is 6.30. The zero-order valence-corrected chi connectivity index (χ0v) is 12.2. The summed E-state index contributed by atoms with van der Waals surface area (Å²) < 4.78 is 0. The van der Waals surface area contributed by atoms with Crippen molar-refractivity contribution in [1.82, 2.24) is 5.32 Å². The molecule has 1 aromatic carbocycles. The topological polar surface area (TPSA) is 15.3 Å². The average Bonchev–Trinajstić information content (AvgIpc) is 2.29. The molecule has 0 amide bonds. The van der Waals surface area contributed by atoms with E-state index in [1.54, 1.807) is 0 Å². The van der Waals surface area contributed by atoms with Crippen molar-refractivity contribution in [1.29, 1.82) is 0 Å². The molecule has 0 saturated carbocycles. The van der Waals surface area contributed by atoms with Gasteiger partial charge in [0.1, 0.15) is 0 Å². The van der Waals surface area contributed by atoms with Gasteiger partial charge in [-0.15, -0.1) is 0 Å². The van der Waals surface area contributed by atoms with Crippen LogP contribution >= 0.6 is 11.6 Å². The maximum Gasteiger partial charge on any atom is 0.0414 e. The van der Waals surface area contributed by atoms with Gasteiger partial charge in [0.05, 0.1) is 0 Å². The van der Waals surface area contributed by atoms with Gasteiger partial charge in [0, 0.05) is 29.8 Å². The zero-order chi connectivity index (χ0) is 13.1. The number of hydrogen-bond acceptors (Lipinski definition) is 2. The van der Waals surface area contributed by atoms with E-state index >= 15 is 0 Å². The minimum Gasteiger partial charge on any atom is -0.369 e. The fraction of sp³-hybridized carbons (Fsp3) is 0.571. The zero-order valence-electron chi connectivity index (χ0n) is 11.5. The van der Waals surface area contributed by atoms with Gasteiger partial charge in [-0.05, 0) is 51.1 Å². The summed E-state index contributed by atoms with van der Waals surface area (Å²) in [5, 5.41) is 3.98. The van der Waals surface area contributed by atoms with E-state index in [1.807, 2.05) is 19.2 Å². The Bertz CT molecular complexity index is 374. The van der Waals surface area contributed by atoms with Gasteiger partial charge in [-0.25, -0.2) is 0 Å². The highest BCUT2D eigenvalue weighted by atomic mass is 35.5. The molecule has 1 rings (SSSR count). The van der Waals surface area contributed by atoms with Crippen molar-refractivity contribution in [3.63, 3.8) is 0 Å². The molecule has 0 aliphatic heterocycles. The number of benzene rings is 1. The summed E-state index contributed by atoms with van der Waals surface area (Å²) in [5.74, 6) is 0. The van der Waals surface area contributed by atoms with Gasteiger partial charge >= 0.3 is 0 Å². The second-order valence-electron chi connectivity index (χ2n) is 5.03. The number of anilines is 1. The predicted octanol–water partition coefficient (Wildman–Crippen LogP) is 3.68. The molecular weight excluding hydrogens is 232 g/mol. The Balaban J connectivity index is 3.12. The van der Waals surface area contributed by atoms with Crippen LogP contribution in [0.3, 0.4) is 0 Å². The molecule has 96 valence electrons. The van der Waals surface area contributed by atoms with E-state index in [9.17, 15) is 0 Å². The van der Waals surface area contributed by atoms with E-state index in [-0.39, 0.29) is 5.54 Å². The molecule has 0 aliphatic rings. The summed E-state index contributed by atoms with van der Waals surface area (Å²) in [5.41, 5.74) is 2.63. The maximum absolute atomic E-state index is 6.06. The van der Waals surface area contributed by atoms with Gasteiger partial charge in [0.2, 0.25) is 0 Å². The molecule has 0 atom stereocenters. The van der Waals surface area contributed by atoms with Crippen LogP contribution in [0.15, 0.2) is 18.2 Å². The highest BCUT2D eigenvalue weighted by Gasteiger charge is 2.23. The molecule has 1 aromatic rings. The molecule has 0 aliphatic carbocycles. The largest absolute Gasteiger partial charge is 0.369 e. The van der Waals surface area contributed by atoms with Crippen LogP contribution in [0.2, 0.25) is 5.02 Å². The van der Waals surface area contributed by atoms with Crippen molar-refractivity contribution in [2.24, 2.45) is 0 Å². The van der Waals surface area contributed by atoms with Crippen LogP contribution < -0.4 is 10.2 Å². The van der Waals surface area contributed by atoms with Crippen molar-refractivity contribution in [2.75, 3.05) is 19.0 Å². The summed E-state index contributed by atoms with van der Waals surface area (Å²) in [6, 6.07) is 6.10. The molecule has 0 saturated heterocycles.